The van der Waals surface area contributed by atoms with Gasteiger partial charge in [0, 0.05) is 12.1 Å². The summed E-state index contributed by atoms with van der Waals surface area (Å²) in [5.74, 6) is -2.49. The summed E-state index contributed by atoms with van der Waals surface area (Å²) in [5.41, 5.74) is 5.34. The van der Waals surface area contributed by atoms with Gasteiger partial charge in [0.05, 0.1) is 5.83 Å². The lowest BCUT2D eigenvalue weighted by atomic mass is 10.3. The Hall–Kier alpha value is -1.49. The lowest BCUT2D eigenvalue weighted by Gasteiger charge is -2.10. The Kier molecular flexibility index (Phi) is 3.74. The molecule has 1 unspecified atom stereocenters. The Labute approximate surface area is 85.2 Å². The van der Waals surface area contributed by atoms with Gasteiger partial charge >= 0.3 is 0 Å². The number of ether oxygens (including phenoxy) is 1. The summed E-state index contributed by atoms with van der Waals surface area (Å²) < 4.78 is 42.5. The number of rotatable bonds is 3. The highest BCUT2D eigenvalue weighted by Gasteiger charge is 2.06. The Bertz CT molecular complexity index is 375. The molecule has 0 aliphatic rings. The molecule has 0 heterocycles. The molecule has 0 aromatic heterocycles. The monoisotopic (exact) mass is 217 g/mol. The van der Waals surface area contributed by atoms with E-state index in [0.29, 0.717) is 0 Å². The first-order valence-corrected chi connectivity index (χ1v) is 4.20. The molecule has 0 aliphatic carbocycles. The predicted molar refractivity (Wildman–Crippen MR) is 49.8 cm³/mol. The molecule has 0 radical (unpaired) electrons. The van der Waals surface area contributed by atoms with Gasteiger partial charge in [-0.2, -0.15) is 0 Å². The van der Waals surface area contributed by atoms with Gasteiger partial charge in [-0.15, -0.1) is 0 Å². The number of hydrogen-bond donors (Lipinski definition) is 1. The molecule has 82 valence electrons. The maximum Gasteiger partial charge on any atom is 0.169 e. The van der Waals surface area contributed by atoms with E-state index in [0.717, 1.165) is 18.2 Å². The molecule has 0 saturated carbocycles. The molecule has 0 fully saturated rings. The van der Waals surface area contributed by atoms with Crippen LogP contribution in [0.25, 0.3) is 0 Å². The smallest absolute Gasteiger partial charge is 0.169 e. The number of halogens is 3. The maximum atomic E-state index is 12.7. The van der Waals surface area contributed by atoms with Gasteiger partial charge in [-0.05, 0) is 19.1 Å². The van der Waals surface area contributed by atoms with Crippen molar-refractivity contribution < 1.29 is 17.9 Å². The zero-order valence-corrected chi connectivity index (χ0v) is 8.01. The second-order valence-corrected chi connectivity index (χ2v) is 2.91. The molecule has 5 heteroatoms. The van der Waals surface area contributed by atoms with Crippen LogP contribution in [0.15, 0.2) is 30.1 Å². The summed E-state index contributed by atoms with van der Waals surface area (Å²) in [6.45, 7) is 1.20. The first-order valence-electron chi connectivity index (χ1n) is 4.20. The molecule has 1 aromatic rings. The first kappa shape index (κ1) is 11.6. The highest BCUT2D eigenvalue weighted by atomic mass is 19.2. The largest absolute Gasteiger partial charge is 0.472 e. The van der Waals surface area contributed by atoms with E-state index in [1.807, 2.05) is 0 Å². The van der Waals surface area contributed by atoms with Crippen LogP contribution in [0.3, 0.4) is 0 Å². The van der Waals surface area contributed by atoms with Crippen LogP contribution >= 0.6 is 0 Å². The molecule has 0 saturated heterocycles. The van der Waals surface area contributed by atoms with Crippen molar-refractivity contribution in [3.8, 4) is 5.75 Å². The van der Waals surface area contributed by atoms with Crippen molar-refractivity contribution in [2.24, 2.45) is 5.73 Å². The molecular formula is C10H10F3NO. The van der Waals surface area contributed by atoms with E-state index in [1.54, 1.807) is 0 Å². The highest BCUT2D eigenvalue weighted by molar-refractivity contribution is 5.24. The summed E-state index contributed by atoms with van der Waals surface area (Å²) in [7, 11) is 0. The molecule has 0 aliphatic heterocycles. The van der Waals surface area contributed by atoms with E-state index in [-0.39, 0.29) is 5.75 Å². The van der Waals surface area contributed by atoms with Crippen molar-refractivity contribution >= 4 is 0 Å². The average Bonchev–Trinajstić information content (AvgIpc) is 2.10. The van der Waals surface area contributed by atoms with E-state index in [9.17, 15) is 13.2 Å². The quantitative estimate of drug-likeness (QED) is 0.789. The number of benzene rings is 1. The Morgan fingerprint density at radius 1 is 1.40 bits per heavy atom. The normalized spacial score (nSPS) is 13.8. The molecule has 1 aromatic carbocycles. The van der Waals surface area contributed by atoms with Crippen LogP contribution in [0.5, 0.6) is 5.75 Å². The molecule has 2 N–H and O–H groups in total. The minimum Gasteiger partial charge on any atom is -0.472 e. The van der Waals surface area contributed by atoms with Gasteiger partial charge < -0.3 is 4.74 Å². The average molecular weight is 217 g/mol. The Balaban J connectivity index is 2.73. The standard InChI is InChI=1S/C10H10F3NO/c1-6(11)4-10(14)15-7-2-3-8(12)9(13)5-7/h2-5,10H,14H2,1H3/b6-4-. The van der Waals surface area contributed by atoms with E-state index in [2.05, 4.69) is 0 Å². The van der Waals surface area contributed by atoms with E-state index in [4.69, 9.17) is 10.5 Å². The minimum absolute atomic E-state index is 0.0406. The van der Waals surface area contributed by atoms with Crippen molar-refractivity contribution in [2.75, 3.05) is 0 Å². The number of hydrogen-bond acceptors (Lipinski definition) is 2. The van der Waals surface area contributed by atoms with Crippen LogP contribution in [0.1, 0.15) is 6.92 Å². The van der Waals surface area contributed by atoms with Gasteiger partial charge in [0.2, 0.25) is 0 Å². The summed E-state index contributed by atoms with van der Waals surface area (Å²) in [5, 5.41) is 0. The van der Waals surface area contributed by atoms with Crippen molar-refractivity contribution in [1.29, 1.82) is 0 Å². The van der Waals surface area contributed by atoms with E-state index >= 15 is 0 Å². The molecule has 0 amide bonds. The third kappa shape index (κ3) is 3.63. The number of allylic oxidation sites excluding steroid dienone is 1. The Morgan fingerprint density at radius 3 is 2.60 bits per heavy atom. The summed E-state index contributed by atoms with van der Waals surface area (Å²) >= 11 is 0. The predicted octanol–water partition coefficient (Wildman–Crippen LogP) is 2.50. The molecular weight excluding hydrogens is 207 g/mol. The van der Waals surface area contributed by atoms with Gasteiger partial charge in [-0.25, -0.2) is 13.2 Å². The Morgan fingerprint density at radius 2 is 2.07 bits per heavy atom. The lowest BCUT2D eigenvalue weighted by Crippen LogP contribution is -2.24. The zero-order chi connectivity index (χ0) is 11.4. The summed E-state index contributed by atoms with van der Waals surface area (Å²) in [6.07, 6.45) is -0.0128. The van der Waals surface area contributed by atoms with Gasteiger partial charge in [-0.1, -0.05) is 0 Å². The van der Waals surface area contributed by atoms with Gasteiger partial charge in [0.1, 0.15) is 5.75 Å². The van der Waals surface area contributed by atoms with Crippen LogP contribution in [-0.4, -0.2) is 6.23 Å². The molecule has 2 nitrogen and oxygen atoms in total. The minimum atomic E-state index is -1.04. The topological polar surface area (TPSA) is 35.2 Å². The fraction of sp³-hybridized carbons (Fsp3) is 0.200. The van der Waals surface area contributed by atoms with Crippen molar-refractivity contribution in [3.05, 3.63) is 41.7 Å². The fourth-order valence-corrected chi connectivity index (χ4v) is 0.968. The summed E-state index contributed by atoms with van der Waals surface area (Å²) in [6, 6.07) is 2.96. The highest BCUT2D eigenvalue weighted by Crippen LogP contribution is 2.16. The van der Waals surface area contributed by atoms with Crippen LogP contribution < -0.4 is 10.5 Å². The van der Waals surface area contributed by atoms with Crippen LogP contribution in [0.2, 0.25) is 0 Å². The molecule has 1 rings (SSSR count). The van der Waals surface area contributed by atoms with Gasteiger partial charge in [0.25, 0.3) is 0 Å². The zero-order valence-electron chi connectivity index (χ0n) is 8.01. The molecule has 1 atom stereocenters. The SMILES string of the molecule is C/C(F)=C/C(N)Oc1ccc(F)c(F)c1. The van der Waals surface area contributed by atoms with Crippen molar-refractivity contribution in [3.63, 3.8) is 0 Å². The van der Waals surface area contributed by atoms with Gasteiger partial charge in [-0.3, -0.25) is 5.73 Å². The first-order chi connectivity index (χ1) is 6.99. The molecule has 0 bridgehead atoms. The molecule has 15 heavy (non-hydrogen) atoms. The second kappa shape index (κ2) is 4.84. The fourth-order valence-electron chi connectivity index (χ4n) is 0.968. The maximum absolute atomic E-state index is 12.7. The van der Waals surface area contributed by atoms with Crippen LogP contribution in [0.4, 0.5) is 13.2 Å². The van der Waals surface area contributed by atoms with Gasteiger partial charge in [0.15, 0.2) is 17.9 Å². The third-order valence-electron chi connectivity index (χ3n) is 1.56. The van der Waals surface area contributed by atoms with Crippen molar-refractivity contribution in [2.45, 2.75) is 13.2 Å². The van der Waals surface area contributed by atoms with Crippen LogP contribution in [0, 0.1) is 11.6 Å². The molecule has 0 spiro atoms. The second-order valence-electron chi connectivity index (χ2n) is 2.91. The lowest BCUT2D eigenvalue weighted by molar-refractivity contribution is 0.252. The van der Waals surface area contributed by atoms with E-state index < -0.39 is 23.7 Å². The van der Waals surface area contributed by atoms with E-state index in [1.165, 1.54) is 13.0 Å². The number of nitrogens with two attached hydrogens (primary N) is 1. The summed E-state index contributed by atoms with van der Waals surface area (Å²) in [4.78, 5) is 0. The third-order valence-corrected chi connectivity index (χ3v) is 1.56. The van der Waals surface area contributed by atoms with Crippen molar-refractivity contribution in [1.82, 2.24) is 0 Å². The van der Waals surface area contributed by atoms with Crippen LogP contribution in [-0.2, 0) is 0 Å².